The number of rotatable bonds is 12. The number of para-hydroxylation sites is 1. The molecule has 0 spiro atoms. The molecule has 0 fully saturated rings. The predicted octanol–water partition coefficient (Wildman–Crippen LogP) is 21.3. The Labute approximate surface area is 495 Å². The van der Waals surface area contributed by atoms with Crippen molar-refractivity contribution in [2.75, 3.05) is 0 Å². The number of hydrogen-bond donors (Lipinski definition) is 0. The Morgan fingerprint density at radius 3 is 0.882 bits per heavy atom. The Morgan fingerprint density at radius 2 is 0.459 bits per heavy atom. The fourth-order valence-corrected chi connectivity index (χ4v) is 12.0. The van der Waals surface area contributed by atoms with E-state index in [4.69, 9.17) is 15.0 Å². The zero-order chi connectivity index (χ0) is 56.5. The van der Waals surface area contributed by atoms with Crippen LogP contribution in [0, 0.1) is 0 Å². The van der Waals surface area contributed by atoms with E-state index >= 15 is 0 Å². The molecular formula is C81H54N4. The van der Waals surface area contributed by atoms with Gasteiger partial charge in [0.1, 0.15) is 0 Å². The Bertz CT molecular complexity index is 4690. The number of fused-ring (bicyclic) bond motifs is 3. The Balaban J connectivity index is 1.02. The minimum absolute atomic E-state index is 0.559. The van der Waals surface area contributed by atoms with Crippen molar-refractivity contribution in [3.8, 4) is 129 Å². The molecule has 2 heterocycles. The van der Waals surface area contributed by atoms with Crippen LogP contribution >= 0.6 is 0 Å². The summed E-state index contributed by atoms with van der Waals surface area (Å²) in [4.78, 5) is 16.6. The van der Waals surface area contributed by atoms with Crippen molar-refractivity contribution in [2.45, 2.75) is 0 Å². The average molecular weight is 1080 g/mol. The van der Waals surface area contributed by atoms with E-state index in [0.29, 0.717) is 17.5 Å². The van der Waals surface area contributed by atoms with Gasteiger partial charge in [0.25, 0.3) is 0 Å². The molecule has 0 unspecified atom stereocenters. The van der Waals surface area contributed by atoms with Gasteiger partial charge < -0.3 is 4.57 Å². The van der Waals surface area contributed by atoms with E-state index in [1.165, 1.54) is 21.9 Å². The summed E-state index contributed by atoms with van der Waals surface area (Å²) in [5.74, 6) is 1.71. The molecule has 0 atom stereocenters. The van der Waals surface area contributed by atoms with Gasteiger partial charge in [-0.15, -0.1) is 0 Å². The Kier molecular flexibility index (Phi) is 13.2. The molecule has 0 saturated carbocycles. The molecule has 0 amide bonds. The highest BCUT2D eigenvalue weighted by molar-refractivity contribution is 6.12. The van der Waals surface area contributed by atoms with Gasteiger partial charge in [0, 0.05) is 38.6 Å². The lowest BCUT2D eigenvalue weighted by Crippen LogP contribution is -2.04. The molecule has 4 nitrogen and oxygen atoms in total. The standard InChI is InChI=1S/C81H54N4/c1-7-21-55(22-8-1)61-35-41-64(42-36-61)73-53-71(54-74(65-43-37-62(38-44-65)56-23-9-2-10-24-56)78(73)85-76-34-20-19-33-72(76)75-52-67(47-48-77(75)85)58-27-13-4-14-28-58)81-83-79(66-45-39-63(40-46-66)57-25-11-3-12-26-57)82-80(84-81)70-50-68(59-29-15-5-16-30-59)49-69(51-70)60-31-17-6-18-32-60/h1-54H. The second-order valence-electron chi connectivity index (χ2n) is 21.5. The van der Waals surface area contributed by atoms with Gasteiger partial charge in [0.2, 0.25) is 0 Å². The van der Waals surface area contributed by atoms with Crippen LogP contribution in [0.5, 0.6) is 0 Å². The lowest BCUT2D eigenvalue weighted by molar-refractivity contribution is 1.07. The SMILES string of the molecule is c1ccc(-c2ccc(-c3nc(-c4cc(-c5ccccc5)cc(-c5ccccc5)c4)nc(-c4cc(-c5ccc(-c6ccccc6)cc5)c(-n5c6ccccc6c6cc(-c7ccccc7)ccc65)c(-c5ccc(-c6ccccc6)cc5)c4)n3)cc2)cc1. The molecule has 4 heteroatoms. The van der Waals surface area contributed by atoms with Crippen molar-refractivity contribution in [1.29, 1.82) is 0 Å². The van der Waals surface area contributed by atoms with E-state index in [-0.39, 0.29) is 0 Å². The average Bonchev–Trinajstić information content (AvgIpc) is 2.51. The minimum Gasteiger partial charge on any atom is -0.308 e. The highest BCUT2D eigenvalue weighted by Gasteiger charge is 2.24. The summed E-state index contributed by atoms with van der Waals surface area (Å²) in [5.41, 5.74) is 23.6. The van der Waals surface area contributed by atoms with Crippen LogP contribution in [-0.4, -0.2) is 19.5 Å². The van der Waals surface area contributed by atoms with Gasteiger partial charge in [-0.2, -0.15) is 0 Å². The fourth-order valence-electron chi connectivity index (χ4n) is 12.0. The molecule has 0 radical (unpaired) electrons. The zero-order valence-corrected chi connectivity index (χ0v) is 46.5. The van der Waals surface area contributed by atoms with Gasteiger partial charge in [0.15, 0.2) is 17.5 Å². The minimum atomic E-state index is 0.559. The summed E-state index contributed by atoms with van der Waals surface area (Å²) < 4.78 is 2.49. The van der Waals surface area contributed by atoms with Crippen molar-refractivity contribution in [3.05, 3.63) is 328 Å². The van der Waals surface area contributed by atoms with Crippen molar-refractivity contribution in [2.24, 2.45) is 0 Å². The van der Waals surface area contributed by atoms with E-state index in [1.807, 2.05) is 0 Å². The number of nitrogens with zero attached hydrogens (tertiary/aromatic N) is 4. The first-order chi connectivity index (χ1) is 42.1. The molecule has 0 N–H and O–H groups in total. The second-order valence-corrected chi connectivity index (χ2v) is 21.5. The van der Waals surface area contributed by atoms with Crippen molar-refractivity contribution in [3.63, 3.8) is 0 Å². The summed E-state index contributed by atoms with van der Waals surface area (Å²) in [5, 5.41) is 2.35. The first-order valence-electron chi connectivity index (χ1n) is 28.9. The van der Waals surface area contributed by atoms with Crippen LogP contribution in [0.1, 0.15) is 0 Å². The maximum absolute atomic E-state index is 5.61. The van der Waals surface area contributed by atoms with E-state index in [0.717, 1.165) is 111 Å². The quantitative estimate of drug-likeness (QED) is 0.122. The van der Waals surface area contributed by atoms with Gasteiger partial charge in [-0.1, -0.05) is 279 Å². The summed E-state index contributed by atoms with van der Waals surface area (Å²) in [7, 11) is 0. The molecule has 0 bridgehead atoms. The van der Waals surface area contributed by atoms with Gasteiger partial charge in [-0.25, -0.2) is 15.0 Å². The summed E-state index contributed by atoms with van der Waals surface area (Å²) >= 11 is 0. The third-order valence-electron chi connectivity index (χ3n) is 16.3. The van der Waals surface area contributed by atoms with Gasteiger partial charge in [-0.05, 0) is 126 Å². The highest BCUT2D eigenvalue weighted by Crippen LogP contribution is 2.46. The molecule has 15 rings (SSSR count). The van der Waals surface area contributed by atoms with Crippen LogP contribution in [0.25, 0.3) is 151 Å². The largest absolute Gasteiger partial charge is 0.308 e. The number of benzene rings is 13. The summed E-state index contributed by atoms with van der Waals surface area (Å²) in [6.07, 6.45) is 0. The lowest BCUT2D eigenvalue weighted by atomic mass is 9.91. The van der Waals surface area contributed by atoms with Crippen LogP contribution in [0.15, 0.2) is 328 Å². The van der Waals surface area contributed by atoms with Crippen molar-refractivity contribution in [1.82, 2.24) is 19.5 Å². The first kappa shape index (κ1) is 50.6. The third kappa shape index (κ3) is 9.98. The molecule has 0 aliphatic carbocycles. The third-order valence-corrected chi connectivity index (χ3v) is 16.3. The molecule has 398 valence electrons. The highest BCUT2D eigenvalue weighted by atomic mass is 15.0. The van der Waals surface area contributed by atoms with E-state index < -0.39 is 0 Å². The van der Waals surface area contributed by atoms with E-state index in [9.17, 15) is 0 Å². The van der Waals surface area contributed by atoms with Gasteiger partial charge in [0.05, 0.1) is 16.7 Å². The van der Waals surface area contributed by atoms with Gasteiger partial charge >= 0.3 is 0 Å². The topological polar surface area (TPSA) is 43.6 Å². The zero-order valence-electron chi connectivity index (χ0n) is 46.5. The van der Waals surface area contributed by atoms with E-state index in [1.54, 1.807) is 0 Å². The summed E-state index contributed by atoms with van der Waals surface area (Å²) in [6.45, 7) is 0. The van der Waals surface area contributed by atoms with Crippen molar-refractivity contribution >= 4 is 21.8 Å². The molecule has 0 saturated heterocycles. The Morgan fingerprint density at radius 1 is 0.176 bits per heavy atom. The van der Waals surface area contributed by atoms with Crippen LogP contribution in [0.3, 0.4) is 0 Å². The van der Waals surface area contributed by atoms with Crippen LogP contribution in [0.2, 0.25) is 0 Å². The van der Waals surface area contributed by atoms with Gasteiger partial charge in [-0.3, -0.25) is 0 Å². The molecule has 85 heavy (non-hydrogen) atoms. The molecule has 0 aliphatic rings. The smallest absolute Gasteiger partial charge is 0.164 e. The molecule has 2 aromatic heterocycles. The van der Waals surface area contributed by atoms with Crippen molar-refractivity contribution < 1.29 is 0 Å². The molecule has 13 aromatic carbocycles. The second kappa shape index (κ2) is 22.2. The van der Waals surface area contributed by atoms with E-state index in [2.05, 4.69) is 332 Å². The predicted molar refractivity (Wildman–Crippen MR) is 354 cm³/mol. The molecular weight excluding hydrogens is 1030 g/mol. The maximum Gasteiger partial charge on any atom is 0.164 e. The fraction of sp³-hybridized carbons (Fsp3) is 0. The number of aromatic nitrogens is 4. The molecule has 15 aromatic rings. The monoisotopic (exact) mass is 1080 g/mol. The first-order valence-corrected chi connectivity index (χ1v) is 28.9. The number of hydrogen-bond acceptors (Lipinski definition) is 3. The van der Waals surface area contributed by atoms with Crippen LogP contribution in [0.4, 0.5) is 0 Å². The lowest BCUT2D eigenvalue weighted by Gasteiger charge is -2.21. The Hall–Kier alpha value is -11.3. The molecule has 0 aliphatic heterocycles. The van der Waals surface area contributed by atoms with Crippen LogP contribution < -0.4 is 0 Å². The van der Waals surface area contributed by atoms with Crippen LogP contribution in [-0.2, 0) is 0 Å². The normalized spacial score (nSPS) is 11.3. The maximum atomic E-state index is 5.61. The summed E-state index contributed by atoms with van der Waals surface area (Å²) in [6, 6.07) is 117.